The van der Waals surface area contributed by atoms with Gasteiger partial charge in [0.15, 0.2) is 0 Å². The molecule has 0 fully saturated rings. The number of rotatable bonds is 3. The largest absolute Gasteiger partial charge is 0.439 e. The molecule has 0 bridgehead atoms. The minimum absolute atomic E-state index is 0.0771. The van der Waals surface area contributed by atoms with E-state index in [4.69, 9.17) is 10.5 Å². The number of halogens is 3. The molecule has 2 aromatic carbocycles. The summed E-state index contributed by atoms with van der Waals surface area (Å²) in [5.74, 6) is 1.10. The minimum Gasteiger partial charge on any atom is -0.439 e. The number of carbonyl (C=O) groups excluding carboxylic acids is 1. The zero-order chi connectivity index (χ0) is 22.0. The zero-order valence-corrected chi connectivity index (χ0v) is 16.2. The van der Waals surface area contributed by atoms with Crippen LogP contribution in [0.4, 0.5) is 35.2 Å². The smallest absolute Gasteiger partial charge is 0.416 e. The Morgan fingerprint density at radius 3 is 2.74 bits per heavy atom. The van der Waals surface area contributed by atoms with Crippen molar-refractivity contribution in [2.45, 2.75) is 19.0 Å². The molecule has 2 heterocycles. The third-order valence-corrected chi connectivity index (χ3v) is 4.74. The third kappa shape index (κ3) is 4.68. The van der Waals surface area contributed by atoms with Gasteiger partial charge >= 0.3 is 12.2 Å². The Morgan fingerprint density at radius 1 is 1.13 bits per heavy atom. The number of benzene rings is 2. The van der Waals surface area contributed by atoms with E-state index in [1.54, 1.807) is 18.2 Å². The summed E-state index contributed by atoms with van der Waals surface area (Å²) in [6.07, 6.45) is -1.76. The first-order valence-electron chi connectivity index (χ1n) is 9.44. The Morgan fingerprint density at radius 2 is 1.97 bits per heavy atom. The molecule has 1 aromatic heterocycles. The van der Waals surface area contributed by atoms with Crippen LogP contribution in [0.1, 0.15) is 17.5 Å². The van der Waals surface area contributed by atoms with Crippen molar-refractivity contribution in [3.05, 3.63) is 66.0 Å². The Bertz CT molecular complexity index is 1120. The summed E-state index contributed by atoms with van der Waals surface area (Å²) in [6, 6.07) is 10.8. The highest BCUT2D eigenvalue weighted by Crippen LogP contribution is 2.33. The van der Waals surface area contributed by atoms with Gasteiger partial charge in [-0.15, -0.1) is 0 Å². The SMILES string of the molecule is Nc1cc(Oc2ccc3c(c2)CCCN3C(=O)Nc2cccc(C(F)(F)F)c2)ncn1. The maximum Gasteiger partial charge on any atom is 0.416 e. The minimum atomic E-state index is -4.48. The first-order chi connectivity index (χ1) is 14.8. The zero-order valence-electron chi connectivity index (χ0n) is 16.2. The van der Waals surface area contributed by atoms with Gasteiger partial charge in [-0.1, -0.05) is 6.07 Å². The number of carbonyl (C=O) groups is 1. The van der Waals surface area contributed by atoms with E-state index in [1.165, 1.54) is 29.4 Å². The maximum absolute atomic E-state index is 12.9. The van der Waals surface area contributed by atoms with Crippen molar-refractivity contribution < 1.29 is 22.7 Å². The van der Waals surface area contributed by atoms with Crippen LogP contribution in [0.5, 0.6) is 11.6 Å². The molecule has 160 valence electrons. The van der Waals surface area contributed by atoms with Gasteiger partial charge in [-0.3, -0.25) is 4.90 Å². The van der Waals surface area contributed by atoms with Gasteiger partial charge in [-0.05, 0) is 54.8 Å². The second-order valence-corrected chi connectivity index (χ2v) is 6.94. The summed E-state index contributed by atoms with van der Waals surface area (Å²) < 4.78 is 44.5. The van der Waals surface area contributed by atoms with Crippen LogP contribution >= 0.6 is 0 Å². The Balaban J connectivity index is 1.52. The fourth-order valence-corrected chi connectivity index (χ4v) is 3.34. The van der Waals surface area contributed by atoms with Crippen LogP contribution in [-0.2, 0) is 12.6 Å². The fourth-order valence-electron chi connectivity index (χ4n) is 3.34. The molecule has 7 nitrogen and oxygen atoms in total. The van der Waals surface area contributed by atoms with E-state index in [0.29, 0.717) is 30.3 Å². The van der Waals surface area contributed by atoms with Crippen LogP contribution < -0.4 is 20.7 Å². The summed E-state index contributed by atoms with van der Waals surface area (Å²) >= 11 is 0. The summed E-state index contributed by atoms with van der Waals surface area (Å²) in [5, 5.41) is 2.55. The number of nitrogens with one attached hydrogen (secondary N) is 1. The molecule has 2 amide bonds. The molecule has 3 N–H and O–H groups in total. The number of nitrogens with zero attached hydrogens (tertiary/aromatic N) is 3. The van der Waals surface area contributed by atoms with Crippen LogP contribution in [-0.4, -0.2) is 22.5 Å². The quantitative estimate of drug-likeness (QED) is 0.621. The molecule has 0 atom stereocenters. The van der Waals surface area contributed by atoms with E-state index < -0.39 is 17.8 Å². The first-order valence-corrected chi connectivity index (χ1v) is 9.44. The van der Waals surface area contributed by atoms with Gasteiger partial charge in [0.25, 0.3) is 0 Å². The van der Waals surface area contributed by atoms with E-state index in [0.717, 1.165) is 24.1 Å². The highest BCUT2D eigenvalue weighted by atomic mass is 19.4. The summed E-state index contributed by atoms with van der Waals surface area (Å²) in [6.45, 7) is 0.445. The number of amides is 2. The standard InChI is InChI=1S/C21H18F3N5O2/c22-21(23,24)14-4-1-5-15(10-14)28-20(30)29-8-2-3-13-9-16(6-7-17(13)29)31-19-11-18(25)26-12-27-19/h1,4-7,9-12H,2-3,8H2,(H,28,30)(H2,25,26,27). The van der Waals surface area contributed by atoms with Crippen LogP contribution in [0.2, 0.25) is 0 Å². The predicted molar refractivity (Wildman–Crippen MR) is 109 cm³/mol. The number of aromatic nitrogens is 2. The second-order valence-electron chi connectivity index (χ2n) is 6.94. The molecule has 0 unspecified atom stereocenters. The van der Waals surface area contributed by atoms with Crippen molar-refractivity contribution in [1.29, 1.82) is 0 Å². The van der Waals surface area contributed by atoms with Crippen molar-refractivity contribution in [2.24, 2.45) is 0 Å². The van der Waals surface area contributed by atoms with Crippen molar-refractivity contribution in [3.8, 4) is 11.6 Å². The molecule has 0 saturated carbocycles. The lowest BCUT2D eigenvalue weighted by molar-refractivity contribution is -0.137. The Hall–Kier alpha value is -3.82. The average molecular weight is 429 g/mol. The molecule has 0 saturated heterocycles. The second kappa shape index (κ2) is 8.13. The van der Waals surface area contributed by atoms with Crippen molar-refractivity contribution in [2.75, 3.05) is 22.5 Å². The number of nitrogens with two attached hydrogens (primary N) is 1. The summed E-state index contributed by atoms with van der Waals surface area (Å²) in [5.41, 5.74) is 6.43. The number of ether oxygens (including phenoxy) is 1. The summed E-state index contributed by atoms with van der Waals surface area (Å²) in [4.78, 5) is 22.1. The lowest BCUT2D eigenvalue weighted by atomic mass is 10.0. The number of urea groups is 1. The predicted octanol–water partition coefficient (Wildman–Crippen LogP) is 4.85. The highest BCUT2D eigenvalue weighted by Gasteiger charge is 2.31. The molecule has 0 aliphatic carbocycles. The number of anilines is 3. The molecule has 10 heteroatoms. The topological polar surface area (TPSA) is 93.4 Å². The van der Waals surface area contributed by atoms with Gasteiger partial charge in [0.05, 0.1) is 5.56 Å². The monoisotopic (exact) mass is 429 g/mol. The lowest BCUT2D eigenvalue weighted by Crippen LogP contribution is -2.38. The van der Waals surface area contributed by atoms with Gasteiger partial charge in [0.1, 0.15) is 17.9 Å². The van der Waals surface area contributed by atoms with Gasteiger partial charge in [-0.2, -0.15) is 13.2 Å². The van der Waals surface area contributed by atoms with Gasteiger partial charge in [0.2, 0.25) is 5.88 Å². The number of alkyl halides is 3. The number of hydrogen-bond donors (Lipinski definition) is 2. The fraction of sp³-hybridized carbons (Fsp3) is 0.190. The number of hydrogen-bond acceptors (Lipinski definition) is 5. The van der Waals surface area contributed by atoms with Crippen LogP contribution in [0.15, 0.2) is 54.9 Å². The van der Waals surface area contributed by atoms with Crippen LogP contribution in [0, 0.1) is 0 Å². The number of aryl methyl sites for hydroxylation is 1. The Kier molecular flexibility index (Phi) is 5.37. The van der Waals surface area contributed by atoms with E-state index in [-0.39, 0.29) is 11.5 Å². The van der Waals surface area contributed by atoms with E-state index in [9.17, 15) is 18.0 Å². The number of nitrogen functional groups attached to an aromatic ring is 1. The van der Waals surface area contributed by atoms with Gasteiger partial charge in [-0.25, -0.2) is 14.8 Å². The van der Waals surface area contributed by atoms with E-state index >= 15 is 0 Å². The van der Waals surface area contributed by atoms with Crippen molar-refractivity contribution in [3.63, 3.8) is 0 Å². The molecule has 3 aromatic rings. The average Bonchev–Trinajstić information content (AvgIpc) is 2.73. The maximum atomic E-state index is 12.9. The molecular weight excluding hydrogens is 411 g/mol. The lowest BCUT2D eigenvalue weighted by Gasteiger charge is -2.30. The molecule has 0 spiro atoms. The molecule has 1 aliphatic heterocycles. The number of fused-ring (bicyclic) bond motifs is 1. The van der Waals surface area contributed by atoms with E-state index in [1.807, 2.05) is 0 Å². The molecular formula is C21H18F3N5O2. The molecule has 1 aliphatic rings. The Labute approximate surface area is 175 Å². The van der Waals surface area contributed by atoms with E-state index in [2.05, 4.69) is 15.3 Å². The summed E-state index contributed by atoms with van der Waals surface area (Å²) in [7, 11) is 0. The van der Waals surface area contributed by atoms with Crippen LogP contribution in [0.3, 0.4) is 0 Å². The first kappa shape index (κ1) is 20.5. The van der Waals surface area contributed by atoms with Crippen molar-refractivity contribution in [1.82, 2.24) is 9.97 Å². The normalized spacial score (nSPS) is 13.5. The highest BCUT2D eigenvalue weighted by molar-refractivity contribution is 6.02. The molecule has 4 rings (SSSR count). The molecule has 31 heavy (non-hydrogen) atoms. The van der Waals surface area contributed by atoms with Gasteiger partial charge < -0.3 is 15.8 Å². The van der Waals surface area contributed by atoms with Crippen molar-refractivity contribution >= 4 is 23.2 Å². The van der Waals surface area contributed by atoms with Crippen LogP contribution in [0.25, 0.3) is 0 Å². The molecule has 0 radical (unpaired) electrons. The third-order valence-electron chi connectivity index (χ3n) is 4.74. The van der Waals surface area contributed by atoms with Gasteiger partial charge in [0, 0.05) is 24.0 Å².